The minimum atomic E-state index is -1.55. The summed E-state index contributed by atoms with van der Waals surface area (Å²) in [6.45, 7) is 19.6. The highest BCUT2D eigenvalue weighted by atomic mass is 32.1. The molecule has 5 unspecified atom stereocenters. The molecule has 1 aromatic rings. The molecule has 17 heteroatoms. The first-order valence-corrected chi connectivity index (χ1v) is 22.8. The number of hydrogen-bond acceptors (Lipinski definition) is 15. The van der Waals surface area contributed by atoms with Gasteiger partial charge < -0.3 is 58.5 Å². The Hall–Kier alpha value is -2.32. The quantitative estimate of drug-likeness (QED) is 0.188. The monoisotopic (exact) mass is 885 g/mol. The molecule has 3 aliphatic rings. The van der Waals surface area contributed by atoms with E-state index in [9.17, 15) is 24.6 Å². The zero-order valence-corrected chi connectivity index (χ0v) is 39.9. The van der Waals surface area contributed by atoms with Crippen LogP contribution in [0, 0.1) is 24.7 Å². The third-order valence-electron chi connectivity index (χ3n) is 12.6. The molecule has 350 valence electrons. The van der Waals surface area contributed by atoms with E-state index in [-0.39, 0.29) is 68.3 Å². The Labute approximate surface area is 367 Å². The third-order valence-corrected chi connectivity index (χ3v) is 14.0. The highest BCUT2D eigenvalue weighted by molar-refractivity contribution is 7.13. The van der Waals surface area contributed by atoms with Crippen molar-refractivity contribution >= 4 is 29.1 Å². The van der Waals surface area contributed by atoms with Crippen molar-refractivity contribution in [2.45, 2.75) is 174 Å². The van der Waals surface area contributed by atoms with Gasteiger partial charge in [-0.2, -0.15) is 0 Å². The van der Waals surface area contributed by atoms with Crippen LogP contribution in [0.1, 0.15) is 121 Å². The summed E-state index contributed by atoms with van der Waals surface area (Å²) < 4.78 is 44.6. The van der Waals surface area contributed by atoms with E-state index in [1.54, 1.807) is 39.6 Å². The number of carbonyl (C=O) groups is 3. The average Bonchev–Trinajstić information content (AvgIpc) is 3.58. The van der Waals surface area contributed by atoms with Crippen molar-refractivity contribution in [3.8, 4) is 0 Å². The van der Waals surface area contributed by atoms with E-state index in [2.05, 4.69) is 29.0 Å². The molecular formula is C44H76N4O12S. The molecule has 0 spiro atoms. The van der Waals surface area contributed by atoms with Crippen LogP contribution < -0.4 is 5.32 Å². The lowest BCUT2D eigenvalue weighted by molar-refractivity contribution is -0.321. The van der Waals surface area contributed by atoms with Crippen LogP contribution >= 0.6 is 11.3 Å². The predicted octanol–water partition coefficient (Wildman–Crippen LogP) is 4.27. The normalized spacial score (nSPS) is 37.4. The van der Waals surface area contributed by atoms with Gasteiger partial charge in [0, 0.05) is 58.2 Å². The van der Waals surface area contributed by atoms with Gasteiger partial charge in [-0.1, -0.05) is 27.7 Å². The van der Waals surface area contributed by atoms with Crippen LogP contribution in [0.5, 0.6) is 0 Å². The molecule has 4 heterocycles. The Bertz CT molecular complexity index is 1590. The number of aryl methyl sites for hydroxylation is 1. The molecule has 0 aromatic carbocycles. The fraction of sp³-hybridized carbons (Fsp3) is 0.864. The van der Waals surface area contributed by atoms with Gasteiger partial charge in [0.2, 0.25) is 5.91 Å². The van der Waals surface area contributed by atoms with Gasteiger partial charge >= 0.3 is 5.97 Å². The third kappa shape index (κ3) is 13.1. The van der Waals surface area contributed by atoms with Crippen molar-refractivity contribution < 1.29 is 57.8 Å². The molecular weight excluding hydrogens is 809 g/mol. The van der Waals surface area contributed by atoms with Gasteiger partial charge in [0.15, 0.2) is 12.6 Å². The number of nitrogens with zero attached hydrogens (tertiary/aromatic N) is 3. The number of aliphatic hydroxyl groups excluding tert-OH is 1. The van der Waals surface area contributed by atoms with Crippen LogP contribution in [0.4, 0.5) is 0 Å². The van der Waals surface area contributed by atoms with E-state index in [4.69, 9.17) is 33.2 Å². The van der Waals surface area contributed by atoms with Crippen LogP contribution in [-0.2, 0) is 42.7 Å². The number of nitrogens with one attached hydrogen (secondary N) is 1. The van der Waals surface area contributed by atoms with E-state index in [0.29, 0.717) is 30.8 Å². The summed E-state index contributed by atoms with van der Waals surface area (Å²) in [7, 11) is 7.18. The number of methoxy groups -OCH3 is 1. The van der Waals surface area contributed by atoms with Crippen molar-refractivity contribution in [1.29, 1.82) is 0 Å². The van der Waals surface area contributed by atoms with Crippen LogP contribution in [0.25, 0.3) is 0 Å². The summed E-state index contributed by atoms with van der Waals surface area (Å²) in [4.78, 5) is 48.8. The van der Waals surface area contributed by atoms with Crippen molar-refractivity contribution in [2.24, 2.45) is 17.8 Å². The maximum atomic E-state index is 13.8. The Morgan fingerprint density at radius 1 is 1.08 bits per heavy atom. The van der Waals surface area contributed by atoms with Gasteiger partial charge in [0.25, 0.3) is 5.91 Å². The zero-order valence-electron chi connectivity index (χ0n) is 39.1. The molecule has 16 nitrogen and oxygen atoms in total. The summed E-state index contributed by atoms with van der Waals surface area (Å²) in [5.41, 5.74) is -1.83. The number of cyclic esters (lactones) is 1. The standard InChI is InChI=1S/C44H76N4O12S/c1-24(2)40-46-29(7)36(61-40)39(51)45-17-15-18-55-35-31(47(11)12)20-26(4)57-42(35)60-38-27(5)34(59-33-22-44(10,54-14)37(50)30(8)58-33)28(6)41(52)56-19-16-32(49)48(13)23-25(3)21-43(38,9)53/h24-28,30-31,33-35,37-38,42,50,53H,15-23H2,1-14H3,(H,45,51)/t25-,26-,27+,28?,30?,31?,33+,34?,35-,37+,38-,42?,43-,44-/m1/s1. The molecule has 2 amide bonds. The number of likely N-dealkylation sites (N-methyl/N-ethyl adjacent to an activating group) is 1. The number of aromatic nitrogens is 1. The number of hydrogen-bond donors (Lipinski definition) is 3. The topological polar surface area (TPSA) is 188 Å². The summed E-state index contributed by atoms with van der Waals surface area (Å²) >= 11 is 1.42. The predicted molar refractivity (Wildman–Crippen MR) is 230 cm³/mol. The van der Waals surface area contributed by atoms with Crippen molar-refractivity contribution in [3.63, 3.8) is 0 Å². The fourth-order valence-electron chi connectivity index (χ4n) is 9.04. The van der Waals surface area contributed by atoms with E-state index in [0.717, 1.165) is 10.7 Å². The smallest absolute Gasteiger partial charge is 0.311 e. The second kappa shape index (κ2) is 22.0. The Morgan fingerprint density at radius 3 is 2.39 bits per heavy atom. The van der Waals surface area contributed by atoms with E-state index in [1.807, 2.05) is 41.8 Å². The second-order valence-corrected chi connectivity index (χ2v) is 19.8. The maximum absolute atomic E-state index is 13.8. The van der Waals surface area contributed by atoms with Gasteiger partial charge in [-0.15, -0.1) is 11.3 Å². The summed E-state index contributed by atoms with van der Waals surface area (Å²) in [6, 6.07) is -0.133. The first-order valence-electron chi connectivity index (χ1n) is 22.0. The number of ether oxygens (including phenoxy) is 7. The van der Waals surface area contributed by atoms with Gasteiger partial charge in [0.1, 0.15) is 23.7 Å². The molecule has 0 aliphatic carbocycles. The Morgan fingerprint density at radius 2 is 1.77 bits per heavy atom. The lowest BCUT2D eigenvalue weighted by atomic mass is 9.77. The van der Waals surface area contributed by atoms with Gasteiger partial charge in [-0.3, -0.25) is 14.4 Å². The number of carbonyl (C=O) groups excluding carboxylic acids is 3. The molecule has 3 fully saturated rings. The molecule has 14 atom stereocenters. The Balaban J connectivity index is 1.65. The van der Waals surface area contributed by atoms with Crippen molar-refractivity contribution in [2.75, 3.05) is 54.6 Å². The number of aliphatic hydroxyl groups is 2. The lowest BCUT2D eigenvalue weighted by Crippen LogP contribution is -2.61. The second-order valence-electron chi connectivity index (χ2n) is 18.7. The molecule has 0 saturated carbocycles. The average molecular weight is 885 g/mol. The zero-order chi connectivity index (χ0) is 45.6. The van der Waals surface area contributed by atoms with Crippen LogP contribution in [0.3, 0.4) is 0 Å². The first kappa shape index (κ1) is 51.3. The number of thiazole rings is 1. The highest BCUT2D eigenvalue weighted by Gasteiger charge is 2.51. The van der Waals surface area contributed by atoms with Crippen LogP contribution in [0.15, 0.2) is 0 Å². The SMILES string of the molecule is CO[C@]1(C)C[C@H](OC2C(C)C(=O)OCCC(=O)N(C)C[C@H](C)C[C@@](C)(O)[C@H](OC3O[C@H](C)CC(N(C)C)[C@H]3OCCCNC(=O)c3sc(C(C)C)nc3C)[C@H]2C)OC(C)[C@@H]1O. The fourth-order valence-corrected chi connectivity index (χ4v) is 10.0. The van der Waals surface area contributed by atoms with Crippen molar-refractivity contribution in [3.05, 3.63) is 15.6 Å². The molecule has 4 rings (SSSR count). The van der Waals surface area contributed by atoms with Gasteiger partial charge in [0.05, 0.1) is 58.7 Å². The molecule has 0 radical (unpaired) electrons. The Kier molecular flexibility index (Phi) is 18.5. The van der Waals surface area contributed by atoms with E-state index < -0.39 is 72.1 Å². The minimum absolute atomic E-state index is 0.0150. The largest absolute Gasteiger partial charge is 0.465 e. The molecule has 3 N–H and O–H groups in total. The lowest BCUT2D eigenvalue weighted by Gasteiger charge is -2.49. The molecule has 3 saturated heterocycles. The highest BCUT2D eigenvalue weighted by Crippen LogP contribution is 2.40. The van der Waals surface area contributed by atoms with E-state index >= 15 is 0 Å². The number of rotatable bonds is 13. The first-order chi connectivity index (χ1) is 28.5. The number of amides is 2. The minimum Gasteiger partial charge on any atom is -0.465 e. The maximum Gasteiger partial charge on any atom is 0.311 e. The summed E-state index contributed by atoms with van der Waals surface area (Å²) in [6.07, 6.45) is -4.66. The molecule has 61 heavy (non-hydrogen) atoms. The molecule has 0 bridgehead atoms. The van der Waals surface area contributed by atoms with Crippen LogP contribution in [-0.4, -0.2) is 164 Å². The van der Waals surface area contributed by atoms with Crippen molar-refractivity contribution in [1.82, 2.24) is 20.1 Å². The van der Waals surface area contributed by atoms with Gasteiger partial charge in [-0.25, -0.2) is 4.98 Å². The molecule has 1 aromatic heterocycles. The number of esters is 1. The molecule has 3 aliphatic heterocycles. The van der Waals surface area contributed by atoms with Gasteiger partial charge in [-0.05, 0) is 80.8 Å². The summed E-state index contributed by atoms with van der Waals surface area (Å²) in [5, 5.41) is 27.6. The van der Waals surface area contributed by atoms with Crippen LogP contribution in [0.2, 0.25) is 0 Å². The summed E-state index contributed by atoms with van der Waals surface area (Å²) in [5.74, 6) is -2.45. The van der Waals surface area contributed by atoms with E-state index in [1.165, 1.54) is 18.4 Å².